The number of rotatable bonds is 13. The number of aliphatic hydroxyl groups excluding tert-OH is 1. The van der Waals surface area contributed by atoms with Crippen LogP contribution >= 0.6 is 0 Å². The van der Waals surface area contributed by atoms with E-state index in [0.717, 1.165) is 63.0 Å². The van der Waals surface area contributed by atoms with Gasteiger partial charge in [0, 0.05) is 29.0 Å². The summed E-state index contributed by atoms with van der Waals surface area (Å²) in [5.74, 6) is 2.55. The van der Waals surface area contributed by atoms with Gasteiger partial charge in [-0.15, -0.1) is 0 Å². The Hall–Kier alpha value is -6.13. The smallest absolute Gasteiger partial charge is 0.164 e. The number of benzene rings is 2. The molecule has 2 aliphatic rings. The second kappa shape index (κ2) is 21.1. The van der Waals surface area contributed by atoms with Crippen LogP contribution in [-0.2, 0) is 0 Å². The van der Waals surface area contributed by atoms with E-state index in [4.69, 9.17) is 15.0 Å². The van der Waals surface area contributed by atoms with E-state index in [2.05, 4.69) is 172 Å². The maximum atomic E-state index is 11.6. The lowest BCUT2D eigenvalue weighted by Crippen LogP contribution is -2.08. The van der Waals surface area contributed by atoms with Gasteiger partial charge in [0.1, 0.15) is 0 Å². The molecule has 320 valence electrons. The van der Waals surface area contributed by atoms with Gasteiger partial charge in [0.05, 0.1) is 5.76 Å². The van der Waals surface area contributed by atoms with E-state index in [9.17, 15) is 5.11 Å². The zero-order chi connectivity index (χ0) is 45.2. The normalized spacial score (nSPS) is 18.4. The van der Waals surface area contributed by atoms with E-state index in [0.29, 0.717) is 29.7 Å². The summed E-state index contributed by atoms with van der Waals surface area (Å²) in [6, 6.07) is 17.1. The van der Waals surface area contributed by atoms with Crippen LogP contribution in [0.3, 0.4) is 0 Å². The fourth-order valence-electron chi connectivity index (χ4n) is 8.82. The van der Waals surface area contributed by atoms with E-state index < -0.39 is 0 Å². The van der Waals surface area contributed by atoms with Gasteiger partial charge < -0.3 is 5.11 Å². The minimum atomic E-state index is 0.262. The summed E-state index contributed by atoms with van der Waals surface area (Å²) in [6.07, 6.45) is 23.5. The van der Waals surface area contributed by atoms with Crippen LogP contribution in [0.25, 0.3) is 33.7 Å². The zero-order valence-corrected chi connectivity index (χ0v) is 39.6. The molecule has 0 amide bonds. The maximum Gasteiger partial charge on any atom is 0.164 e. The van der Waals surface area contributed by atoms with Gasteiger partial charge in [-0.2, -0.15) is 0 Å². The number of hydrogen-bond acceptors (Lipinski definition) is 4. The molecule has 5 rings (SSSR count). The van der Waals surface area contributed by atoms with Crippen LogP contribution in [0.4, 0.5) is 0 Å². The second-order valence-corrected chi connectivity index (χ2v) is 16.5. The molecule has 0 fully saturated rings. The van der Waals surface area contributed by atoms with Gasteiger partial charge in [0.15, 0.2) is 17.5 Å². The molecule has 0 aliphatic heterocycles. The lowest BCUT2D eigenvalue weighted by atomic mass is 9.86. The summed E-state index contributed by atoms with van der Waals surface area (Å²) in [7, 11) is 0. The highest BCUT2D eigenvalue weighted by Crippen LogP contribution is 2.48. The van der Waals surface area contributed by atoms with Gasteiger partial charge in [-0.3, -0.25) is 0 Å². The van der Waals surface area contributed by atoms with Gasteiger partial charge in [-0.1, -0.05) is 123 Å². The standard InChI is InChI=1S/C58H67N3O/c1-15-24-43(18-4)56-59-57(61-58(60-56)46-31-32-49(38(10)33-46)48(25-16-2)36(7)8)45-28-23-27-44(35-45)50(26-17-3)41(13)53(54(62)20-6)34-37(9)39(11)40(12)55-42(14)51-29-21-22-30-52(51)47(55)19-5/h15-19,21-30,33-35,42,62H,11,20,31-32H2,1-10,12-14H3/b24-15-,25-16-,26-17-,37-34+,43-18+,47-19-,50-41-,54-53-,55-40?/t42-/m1/s1. The Morgan fingerprint density at radius 1 is 0.823 bits per heavy atom. The molecule has 0 saturated carbocycles. The van der Waals surface area contributed by atoms with E-state index >= 15 is 0 Å². The minimum absolute atomic E-state index is 0.262. The van der Waals surface area contributed by atoms with Crippen molar-refractivity contribution in [2.24, 2.45) is 0 Å². The van der Waals surface area contributed by atoms with Crippen molar-refractivity contribution in [3.8, 4) is 11.4 Å². The summed E-state index contributed by atoms with van der Waals surface area (Å²) in [5, 5.41) is 11.6. The predicted octanol–water partition coefficient (Wildman–Crippen LogP) is 16.5. The van der Waals surface area contributed by atoms with Crippen LogP contribution in [0, 0.1) is 0 Å². The molecule has 3 aromatic rings. The summed E-state index contributed by atoms with van der Waals surface area (Å²) < 4.78 is 0. The van der Waals surface area contributed by atoms with Crippen molar-refractivity contribution in [2.75, 3.05) is 0 Å². The van der Waals surface area contributed by atoms with Crippen molar-refractivity contribution in [1.29, 1.82) is 0 Å². The first kappa shape index (κ1) is 46.9. The molecule has 2 aliphatic carbocycles. The number of allylic oxidation sites excluding steroid dienone is 25. The molecule has 0 unspecified atom stereocenters. The Morgan fingerprint density at radius 2 is 1.50 bits per heavy atom. The SMILES string of the molecule is C=C(C(C)=C1/C(=C\C)c2ccccc2[C@H]1C)/C(C)=C/C(=C(/O)CC)C(/C)=C(/C=C\C)c1cccc(-c2nc(C3=CC(C)=C(C(/C=C\C)=C(C)C)CC3)nc(C(/C=C\C)=C/C)n2)c1. The van der Waals surface area contributed by atoms with Crippen molar-refractivity contribution >= 4 is 22.3 Å². The highest BCUT2D eigenvalue weighted by Gasteiger charge is 2.30. The summed E-state index contributed by atoms with van der Waals surface area (Å²) >= 11 is 0. The molecule has 0 bridgehead atoms. The molecule has 4 heteroatoms. The zero-order valence-electron chi connectivity index (χ0n) is 39.6. The molecule has 1 aromatic heterocycles. The Balaban J connectivity index is 1.63. The third-order valence-corrected chi connectivity index (χ3v) is 12.2. The molecule has 2 aromatic carbocycles. The summed E-state index contributed by atoms with van der Waals surface area (Å²) in [4.78, 5) is 15.4. The lowest BCUT2D eigenvalue weighted by Gasteiger charge is -2.20. The van der Waals surface area contributed by atoms with Gasteiger partial charge in [-0.25, -0.2) is 15.0 Å². The summed E-state index contributed by atoms with van der Waals surface area (Å²) in [6.45, 7) is 32.1. The van der Waals surface area contributed by atoms with Crippen LogP contribution in [-0.4, -0.2) is 20.1 Å². The Bertz CT molecular complexity index is 2630. The molecule has 62 heavy (non-hydrogen) atoms. The fourth-order valence-corrected chi connectivity index (χ4v) is 8.82. The average Bonchev–Trinajstić information content (AvgIpc) is 3.57. The van der Waals surface area contributed by atoms with Crippen LogP contribution in [0.1, 0.15) is 144 Å². The third kappa shape index (κ3) is 9.97. The van der Waals surface area contributed by atoms with Crippen molar-refractivity contribution in [1.82, 2.24) is 15.0 Å². The Labute approximate surface area is 373 Å². The topological polar surface area (TPSA) is 58.9 Å². The quantitative estimate of drug-likeness (QED) is 0.138. The molecule has 1 atom stereocenters. The first-order valence-electron chi connectivity index (χ1n) is 22.2. The molecule has 1 N–H and O–H groups in total. The number of fused-ring (bicyclic) bond motifs is 1. The number of aliphatic hydroxyl groups is 1. The van der Waals surface area contributed by atoms with Crippen molar-refractivity contribution in [3.05, 3.63) is 206 Å². The lowest BCUT2D eigenvalue weighted by molar-refractivity contribution is 0.390. The molecule has 4 nitrogen and oxygen atoms in total. The van der Waals surface area contributed by atoms with Crippen molar-refractivity contribution in [3.63, 3.8) is 0 Å². The molecular formula is C58H67N3O. The van der Waals surface area contributed by atoms with E-state index in [-0.39, 0.29) is 5.92 Å². The van der Waals surface area contributed by atoms with Gasteiger partial charge >= 0.3 is 0 Å². The highest BCUT2D eigenvalue weighted by molar-refractivity contribution is 5.89. The highest BCUT2D eigenvalue weighted by atomic mass is 16.3. The number of nitrogens with zero attached hydrogens (tertiary/aromatic N) is 3. The van der Waals surface area contributed by atoms with Crippen molar-refractivity contribution < 1.29 is 5.11 Å². The minimum Gasteiger partial charge on any atom is -0.512 e. The first-order chi connectivity index (χ1) is 29.7. The molecule has 0 saturated heterocycles. The van der Waals surface area contributed by atoms with Gasteiger partial charge in [0.2, 0.25) is 0 Å². The van der Waals surface area contributed by atoms with E-state index in [1.807, 2.05) is 33.8 Å². The monoisotopic (exact) mass is 822 g/mol. The van der Waals surface area contributed by atoms with E-state index in [1.165, 1.54) is 50.1 Å². The Kier molecular flexibility index (Phi) is 16.0. The predicted molar refractivity (Wildman–Crippen MR) is 268 cm³/mol. The first-order valence-corrected chi connectivity index (χ1v) is 22.2. The van der Waals surface area contributed by atoms with Crippen molar-refractivity contribution in [2.45, 2.75) is 115 Å². The molecule has 0 radical (unpaired) electrons. The third-order valence-electron chi connectivity index (χ3n) is 12.2. The van der Waals surface area contributed by atoms with Gasteiger partial charge in [-0.05, 0) is 179 Å². The summed E-state index contributed by atoms with van der Waals surface area (Å²) in [5.41, 5.74) is 20.3. The van der Waals surface area contributed by atoms with Crippen LogP contribution < -0.4 is 0 Å². The average molecular weight is 822 g/mol. The van der Waals surface area contributed by atoms with Gasteiger partial charge in [0.25, 0.3) is 0 Å². The largest absolute Gasteiger partial charge is 0.512 e. The second-order valence-electron chi connectivity index (χ2n) is 16.5. The van der Waals surface area contributed by atoms with Crippen LogP contribution in [0.15, 0.2) is 177 Å². The fraction of sp³-hybridized carbons (Fsp3) is 0.293. The maximum absolute atomic E-state index is 11.6. The Morgan fingerprint density at radius 3 is 2.13 bits per heavy atom. The van der Waals surface area contributed by atoms with Crippen LogP contribution in [0.2, 0.25) is 0 Å². The number of hydrogen-bond donors (Lipinski definition) is 1. The van der Waals surface area contributed by atoms with Crippen LogP contribution in [0.5, 0.6) is 0 Å². The van der Waals surface area contributed by atoms with E-state index in [1.54, 1.807) is 0 Å². The molecular weight excluding hydrogens is 755 g/mol. The number of aromatic nitrogens is 3. The molecule has 0 spiro atoms. The molecule has 1 heterocycles.